The standard InChI is InChI=1S/C7H10O3/c1-6(5-8)3-2-4-7(9)10/h2-3,5-6H,4H2,1H3,(H,9,10)/b3-2+. The smallest absolute Gasteiger partial charge is 0.307 e. The quantitative estimate of drug-likeness (QED) is 0.467. The Labute approximate surface area is 59.4 Å². The molecule has 10 heavy (non-hydrogen) atoms. The maximum Gasteiger partial charge on any atom is 0.307 e. The van der Waals surface area contributed by atoms with E-state index in [1.807, 2.05) is 0 Å². The van der Waals surface area contributed by atoms with Gasteiger partial charge >= 0.3 is 5.97 Å². The van der Waals surface area contributed by atoms with Crippen molar-refractivity contribution in [2.45, 2.75) is 13.3 Å². The highest BCUT2D eigenvalue weighted by Crippen LogP contribution is 1.92. The lowest BCUT2D eigenvalue weighted by Crippen LogP contribution is -1.93. The van der Waals surface area contributed by atoms with Crippen LogP contribution in [0.15, 0.2) is 12.2 Å². The molecule has 3 heteroatoms. The first-order valence-electron chi connectivity index (χ1n) is 3.00. The fraction of sp³-hybridized carbons (Fsp3) is 0.429. The normalized spacial score (nSPS) is 13.3. The van der Waals surface area contributed by atoms with E-state index in [4.69, 9.17) is 5.11 Å². The van der Waals surface area contributed by atoms with Gasteiger partial charge in [0, 0.05) is 5.92 Å². The number of aliphatic carboxylic acids is 1. The average molecular weight is 142 g/mol. The molecule has 56 valence electrons. The summed E-state index contributed by atoms with van der Waals surface area (Å²) < 4.78 is 0. The van der Waals surface area contributed by atoms with E-state index in [1.165, 1.54) is 6.08 Å². The molecule has 1 atom stereocenters. The SMILES string of the molecule is CC(C=O)/C=C/CC(=O)O. The lowest BCUT2D eigenvalue weighted by atomic mass is 10.2. The zero-order valence-corrected chi connectivity index (χ0v) is 5.78. The lowest BCUT2D eigenvalue weighted by molar-refractivity contribution is -0.136. The van der Waals surface area contributed by atoms with Crippen molar-refractivity contribution in [1.29, 1.82) is 0 Å². The third kappa shape index (κ3) is 5.03. The summed E-state index contributed by atoms with van der Waals surface area (Å²) >= 11 is 0. The summed E-state index contributed by atoms with van der Waals surface area (Å²) in [5.74, 6) is -1.06. The molecule has 0 bridgehead atoms. The molecule has 1 N–H and O–H groups in total. The minimum Gasteiger partial charge on any atom is -0.481 e. The summed E-state index contributed by atoms with van der Waals surface area (Å²) in [7, 11) is 0. The number of carbonyl (C=O) groups excluding carboxylic acids is 1. The first-order chi connectivity index (χ1) is 4.66. The minimum absolute atomic E-state index is 0.0157. The molecule has 0 aliphatic rings. The molecule has 1 unspecified atom stereocenters. The second-order valence-electron chi connectivity index (χ2n) is 2.02. The summed E-state index contributed by atoms with van der Waals surface area (Å²) in [6.45, 7) is 1.70. The van der Waals surface area contributed by atoms with Crippen LogP contribution in [0.3, 0.4) is 0 Å². The van der Waals surface area contributed by atoms with Gasteiger partial charge in [0.2, 0.25) is 0 Å². The summed E-state index contributed by atoms with van der Waals surface area (Å²) in [4.78, 5) is 19.9. The van der Waals surface area contributed by atoms with Crippen molar-refractivity contribution in [2.24, 2.45) is 5.92 Å². The lowest BCUT2D eigenvalue weighted by Gasteiger charge is -1.89. The summed E-state index contributed by atoms with van der Waals surface area (Å²) in [5, 5.41) is 8.16. The van der Waals surface area contributed by atoms with Crippen LogP contribution in [0.4, 0.5) is 0 Å². The van der Waals surface area contributed by atoms with Crippen LogP contribution in [-0.4, -0.2) is 17.4 Å². The van der Waals surface area contributed by atoms with Gasteiger partial charge in [-0.2, -0.15) is 0 Å². The van der Waals surface area contributed by atoms with Gasteiger partial charge in [0.25, 0.3) is 0 Å². The van der Waals surface area contributed by atoms with Gasteiger partial charge in [-0.15, -0.1) is 0 Å². The second-order valence-corrected chi connectivity index (χ2v) is 2.02. The van der Waals surface area contributed by atoms with Gasteiger partial charge in [0.15, 0.2) is 0 Å². The molecule has 0 amide bonds. The van der Waals surface area contributed by atoms with Crippen LogP contribution in [0.1, 0.15) is 13.3 Å². The number of rotatable bonds is 4. The highest BCUT2D eigenvalue weighted by molar-refractivity contribution is 5.68. The average Bonchev–Trinajstić information content (AvgIpc) is 1.87. The van der Waals surface area contributed by atoms with Crippen LogP contribution in [0.5, 0.6) is 0 Å². The van der Waals surface area contributed by atoms with Crippen molar-refractivity contribution in [2.75, 3.05) is 0 Å². The molecule has 0 aromatic rings. The van der Waals surface area contributed by atoms with E-state index in [0.29, 0.717) is 0 Å². The van der Waals surface area contributed by atoms with Gasteiger partial charge in [0.1, 0.15) is 6.29 Å². The molecule has 0 spiro atoms. The Morgan fingerprint density at radius 2 is 2.30 bits per heavy atom. The molecule has 0 rings (SSSR count). The van der Waals surface area contributed by atoms with Crippen molar-refractivity contribution < 1.29 is 14.7 Å². The number of hydrogen-bond donors (Lipinski definition) is 1. The molecule has 0 aromatic heterocycles. The van der Waals surface area contributed by atoms with Crippen LogP contribution in [-0.2, 0) is 9.59 Å². The van der Waals surface area contributed by atoms with Gasteiger partial charge in [0.05, 0.1) is 6.42 Å². The highest BCUT2D eigenvalue weighted by Gasteiger charge is 1.92. The van der Waals surface area contributed by atoms with Gasteiger partial charge in [-0.25, -0.2) is 0 Å². The van der Waals surface area contributed by atoms with E-state index in [0.717, 1.165) is 6.29 Å². The molecule has 0 aliphatic carbocycles. The molecule has 0 fully saturated rings. The third-order valence-electron chi connectivity index (χ3n) is 0.947. The molecule has 0 saturated carbocycles. The maximum absolute atomic E-state index is 9.98. The molecule has 0 radical (unpaired) electrons. The zero-order chi connectivity index (χ0) is 7.98. The molecule has 0 saturated heterocycles. The van der Waals surface area contributed by atoms with Crippen LogP contribution in [0, 0.1) is 5.92 Å². The Kier molecular flexibility index (Phi) is 4.20. The van der Waals surface area contributed by atoms with E-state index in [-0.39, 0.29) is 12.3 Å². The first kappa shape index (κ1) is 8.88. The van der Waals surface area contributed by atoms with Gasteiger partial charge < -0.3 is 9.90 Å². The number of allylic oxidation sites excluding steroid dienone is 1. The molecule has 0 aromatic carbocycles. The number of carboxylic acids is 1. The van der Waals surface area contributed by atoms with E-state index >= 15 is 0 Å². The van der Waals surface area contributed by atoms with Crippen molar-refractivity contribution in [3.63, 3.8) is 0 Å². The second kappa shape index (κ2) is 4.73. The van der Waals surface area contributed by atoms with E-state index in [9.17, 15) is 9.59 Å². The highest BCUT2D eigenvalue weighted by atomic mass is 16.4. The third-order valence-corrected chi connectivity index (χ3v) is 0.947. The van der Waals surface area contributed by atoms with E-state index < -0.39 is 5.97 Å². The molecule has 3 nitrogen and oxygen atoms in total. The predicted octanol–water partition coefficient (Wildman–Crippen LogP) is 0.852. The largest absolute Gasteiger partial charge is 0.481 e. The van der Waals surface area contributed by atoms with Crippen LogP contribution >= 0.6 is 0 Å². The summed E-state index contributed by atoms with van der Waals surface area (Å²) in [5.41, 5.74) is 0. The number of hydrogen-bond acceptors (Lipinski definition) is 2. The predicted molar refractivity (Wildman–Crippen MR) is 36.6 cm³/mol. The van der Waals surface area contributed by atoms with Crippen LogP contribution in [0.2, 0.25) is 0 Å². The minimum atomic E-state index is -0.880. The van der Waals surface area contributed by atoms with Crippen molar-refractivity contribution >= 4 is 12.3 Å². The van der Waals surface area contributed by atoms with Gasteiger partial charge in [-0.1, -0.05) is 19.1 Å². The molecular formula is C7H10O3. The zero-order valence-electron chi connectivity index (χ0n) is 5.78. The number of carbonyl (C=O) groups is 2. The van der Waals surface area contributed by atoms with Crippen molar-refractivity contribution in [3.8, 4) is 0 Å². The summed E-state index contributed by atoms with van der Waals surface area (Å²) in [6.07, 6.45) is 3.79. The number of carboxylic acid groups (broad SMARTS) is 1. The van der Waals surface area contributed by atoms with Gasteiger partial charge in [-0.05, 0) is 0 Å². The molecular weight excluding hydrogens is 132 g/mol. The molecule has 0 aliphatic heterocycles. The van der Waals surface area contributed by atoms with Crippen LogP contribution in [0.25, 0.3) is 0 Å². The summed E-state index contributed by atoms with van der Waals surface area (Å²) in [6, 6.07) is 0. The van der Waals surface area contributed by atoms with E-state index in [2.05, 4.69) is 0 Å². The Balaban J connectivity index is 3.55. The van der Waals surface area contributed by atoms with E-state index in [1.54, 1.807) is 13.0 Å². The van der Waals surface area contributed by atoms with Crippen LogP contribution < -0.4 is 0 Å². The monoisotopic (exact) mass is 142 g/mol. The van der Waals surface area contributed by atoms with Crippen molar-refractivity contribution in [1.82, 2.24) is 0 Å². The molecule has 0 heterocycles. The Bertz CT molecular complexity index is 149. The number of aldehydes is 1. The topological polar surface area (TPSA) is 54.4 Å². The fourth-order valence-electron chi connectivity index (χ4n) is 0.429. The van der Waals surface area contributed by atoms with Crippen molar-refractivity contribution in [3.05, 3.63) is 12.2 Å². The maximum atomic E-state index is 9.98. The Hall–Kier alpha value is -1.12. The first-order valence-corrected chi connectivity index (χ1v) is 3.00. The van der Waals surface area contributed by atoms with Gasteiger partial charge in [-0.3, -0.25) is 4.79 Å². The Morgan fingerprint density at radius 3 is 2.70 bits per heavy atom. The Morgan fingerprint density at radius 1 is 1.70 bits per heavy atom. The fourth-order valence-corrected chi connectivity index (χ4v) is 0.429.